The summed E-state index contributed by atoms with van der Waals surface area (Å²) in [5.74, 6) is 0.659. The third-order valence-corrected chi connectivity index (χ3v) is 4.53. The maximum absolute atomic E-state index is 12.0. The van der Waals surface area contributed by atoms with Gasteiger partial charge in [0.1, 0.15) is 0 Å². The average Bonchev–Trinajstić information content (AvgIpc) is 2.48. The Kier molecular flexibility index (Phi) is 4.08. The Morgan fingerprint density at radius 2 is 1.95 bits per heavy atom. The van der Waals surface area contributed by atoms with Crippen molar-refractivity contribution in [2.45, 2.75) is 18.9 Å². The third-order valence-electron chi connectivity index (χ3n) is 4.28. The molecule has 0 aromatic heterocycles. The van der Waals surface area contributed by atoms with Crippen LogP contribution in [0.4, 0.5) is 0 Å². The van der Waals surface area contributed by atoms with Gasteiger partial charge in [0.15, 0.2) is 0 Å². The van der Waals surface area contributed by atoms with Crippen LogP contribution in [-0.4, -0.2) is 36.5 Å². The summed E-state index contributed by atoms with van der Waals surface area (Å²) >= 11 is 5.83. The van der Waals surface area contributed by atoms with Gasteiger partial charge >= 0.3 is 0 Å². The molecule has 0 radical (unpaired) electrons. The molecule has 2 bridgehead atoms. The number of amides is 1. The van der Waals surface area contributed by atoms with Crippen LogP contribution in [0.15, 0.2) is 30.3 Å². The molecular formula is C16H19ClN2O. The summed E-state index contributed by atoms with van der Waals surface area (Å²) in [5.41, 5.74) is 0.985. The van der Waals surface area contributed by atoms with E-state index >= 15 is 0 Å². The number of halogens is 1. The highest BCUT2D eigenvalue weighted by Gasteiger charge is 2.34. The fourth-order valence-electron chi connectivity index (χ4n) is 3.11. The number of piperidine rings is 3. The molecule has 3 aliphatic rings. The van der Waals surface area contributed by atoms with Crippen LogP contribution in [-0.2, 0) is 4.79 Å². The molecule has 1 aromatic rings. The van der Waals surface area contributed by atoms with Gasteiger partial charge < -0.3 is 10.2 Å². The van der Waals surface area contributed by atoms with Crippen LogP contribution in [0, 0.1) is 5.92 Å². The smallest absolute Gasteiger partial charge is 0.244 e. The first kappa shape index (κ1) is 13.7. The third kappa shape index (κ3) is 3.22. The first-order valence-electron chi connectivity index (χ1n) is 7.17. The van der Waals surface area contributed by atoms with Gasteiger partial charge in [-0.05, 0) is 55.6 Å². The minimum Gasteiger partial charge on any atom is -0.348 e. The van der Waals surface area contributed by atoms with E-state index in [4.69, 9.17) is 11.6 Å². The summed E-state index contributed by atoms with van der Waals surface area (Å²) in [4.78, 5) is 14.4. The summed E-state index contributed by atoms with van der Waals surface area (Å²) in [6.45, 7) is 3.39. The van der Waals surface area contributed by atoms with Crippen molar-refractivity contribution >= 4 is 23.6 Å². The number of hydrogen-bond donors (Lipinski definition) is 1. The summed E-state index contributed by atoms with van der Waals surface area (Å²) in [5, 5.41) is 3.85. The number of rotatable bonds is 3. The number of nitrogens with one attached hydrogen (secondary N) is 1. The lowest BCUT2D eigenvalue weighted by molar-refractivity contribution is -0.118. The average molecular weight is 291 g/mol. The predicted octanol–water partition coefficient (Wildman–Crippen LogP) is 2.56. The normalized spacial score (nSPS) is 28.8. The monoisotopic (exact) mass is 290 g/mol. The van der Waals surface area contributed by atoms with Crippen molar-refractivity contribution < 1.29 is 4.79 Å². The SMILES string of the molecule is O=C(C=Cc1ccc(Cl)cc1)N[C@H]1CN2CCC1CC2. The fourth-order valence-corrected chi connectivity index (χ4v) is 3.23. The summed E-state index contributed by atoms with van der Waals surface area (Å²) in [7, 11) is 0. The van der Waals surface area contributed by atoms with Gasteiger partial charge in [0.25, 0.3) is 0 Å². The first-order chi connectivity index (χ1) is 9.70. The van der Waals surface area contributed by atoms with Crippen LogP contribution in [0.5, 0.6) is 0 Å². The van der Waals surface area contributed by atoms with Crippen molar-refractivity contribution in [2.75, 3.05) is 19.6 Å². The van der Waals surface area contributed by atoms with Gasteiger partial charge in [-0.15, -0.1) is 0 Å². The molecule has 0 unspecified atom stereocenters. The first-order valence-corrected chi connectivity index (χ1v) is 7.55. The molecule has 3 nitrogen and oxygen atoms in total. The second-order valence-electron chi connectivity index (χ2n) is 5.64. The number of benzene rings is 1. The Morgan fingerprint density at radius 3 is 2.55 bits per heavy atom. The lowest BCUT2D eigenvalue weighted by Gasteiger charge is -2.44. The van der Waals surface area contributed by atoms with Crippen molar-refractivity contribution in [3.05, 3.63) is 40.9 Å². The minimum absolute atomic E-state index is 0.00120. The lowest BCUT2D eigenvalue weighted by Crippen LogP contribution is -2.57. The Bertz CT molecular complexity index is 504. The van der Waals surface area contributed by atoms with Gasteiger partial charge in [-0.25, -0.2) is 0 Å². The van der Waals surface area contributed by atoms with Gasteiger partial charge in [-0.2, -0.15) is 0 Å². The van der Waals surface area contributed by atoms with Gasteiger partial charge in [-0.3, -0.25) is 4.79 Å². The molecule has 1 atom stereocenters. The Balaban J connectivity index is 1.55. The Hall–Kier alpha value is -1.32. The van der Waals surface area contributed by atoms with E-state index in [0.717, 1.165) is 12.1 Å². The van der Waals surface area contributed by atoms with Crippen molar-refractivity contribution in [3.63, 3.8) is 0 Å². The number of carbonyl (C=O) groups excluding carboxylic acids is 1. The highest BCUT2D eigenvalue weighted by atomic mass is 35.5. The second kappa shape index (κ2) is 5.98. The van der Waals surface area contributed by atoms with Crippen LogP contribution in [0.2, 0.25) is 5.02 Å². The Morgan fingerprint density at radius 1 is 1.25 bits per heavy atom. The van der Waals surface area contributed by atoms with Crippen LogP contribution < -0.4 is 5.32 Å². The number of nitrogens with zero attached hydrogens (tertiary/aromatic N) is 1. The van der Waals surface area contributed by atoms with E-state index in [1.165, 1.54) is 25.9 Å². The molecule has 1 N–H and O–H groups in total. The summed E-state index contributed by atoms with van der Waals surface area (Å²) in [6.07, 6.45) is 5.87. The van der Waals surface area contributed by atoms with Gasteiger partial charge in [0, 0.05) is 23.7 Å². The molecule has 4 rings (SSSR count). The zero-order chi connectivity index (χ0) is 13.9. The Labute approximate surface area is 124 Å². The molecule has 0 aliphatic carbocycles. The summed E-state index contributed by atoms with van der Waals surface area (Å²) < 4.78 is 0. The van der Waals surface area contributed by atoms with E-state index in [0.29, 0.717) is 17.0 Å². The second-order valence-corrected chi connectivity index (χ2v) is 6.07. The summed E-state index contributed by atoms with van der Waals surface area (Å²) in [6, 6.07) is 7.78. The zero-order valence-corrected chi connectivity index (χ0v) is 12.1. The lowest BCUT2D eigenvalue weighted by atomic mass is 9.84. The molecule has 3 heterocycles. The predicted molar refractivity (Wildman–Crippen MR) is 81.6 cm³/mol. The van der Waals surface area contributed by atoms with Crippen molar-refractivity contribution in [2.24, 2.45) is 5.92 Å². The molecule has 3 saturated heterocycles. The molecule has 106 valence electrons. The van der Waals surface area contributed by atoms with Crippen LogP contribution in [0.3, 0.4) is 0 Å². The van der Waals surface area contributed by atoms with E-state index in [1.54, 1.807) is 6.08 Å². The molecule has 0 saturated carbocycles. The molecule has 1 amide bonds. The maximum atomic E-state index is 12.0. The van der Waals surface area contributed by atoms with Crippen molar-refractivity contribution in [1.29, 1.82) is 0 Å². The number of carbonyl (C=O) groups is 1. The largest absolute Gasteiger partial charge is 0.348 e. The number of hydrogen-bond acceptors (Lipinski definition) is 2. The molecule has 1 aromatic carbocycles. The van der Waals surface area contributed by atoms with E-state index < -0.39 is 0 Å². The maximum Gasteiger partial charge on any atom is 0.244 e. The zero-order valence-electron chi connectivity index (χ0n) is 11.4. The van der Waals surface area contributed by atoms with Crippen molar-refractivity contribution in [1.82, 2.24) is 10.2 Å². The van der Waals surface area contributed by atoms with Gasteiger partial charge in [0.05, 0.1) is 0 Å². The molecule has 3 aliphatic heterocycles. The van der Waals surface area contributed by atoms with E-state index in [9.17, 15) is 4.79 Å². The quantitative estimate of drug-likeness (QED) is 0.868. The van der Waals surface area contributed by atoms with E-state index in [1.807, 2.05) is 30.3 Å². The molecule has 0 spiro atoms. The van der Waals surface area contributed by atoms with Gasteiger partial charge in [-0.1, -0.05) is 23.7 Å². The van der Waals surface area contributed by atoms with Crippen molar-refractivity contribution in [3.8, 4) is 0 Å². The molecule has 3 fully saturated rings. The van der Waals surface area contributed by atoms with Gasteiger partial charge in [0.2, 0.25) is 5.91 Å². The van der Waals surface area contributed by atoms with Crippen LogP contribution in [0.25, 0.3) is 6.08 Å². The number of fused-ring (bicyclic) bond motifs is 3. The minimum atomic E-state index is -0.00120. The molecule has 20 heavy (non-hydrogen) atoms. The molecular weight excluding hydrogens is 272 g/mol. The topological polar surface area (TPSA) is 32.3 Å². The fraction of sp³-hybridized carbons (Fsp3) is 0.438. The van der Waals surface area contributed by atoms with E-state index in [-0.39, 0.29) is 5.91 Å². The van der Waals surface area contributed by atoms with Crippen LogP contribution >= 0.6 is 11.6 Å². The standard InChI is InChI=1S/C16H19ClN2O/c17-14-4-1-12(2-5-14)3-6-16(20)18-15-11-19-9-7-13(15)8-10-19/h1-6,13,15H,7-11H2,(H,18,20)/t15-/m0/s1. The van der Waals surface area contributed by atoms with E-state index in [2.05, 4.69) is 10.2 Å². The molecule has 4 heteroatoms. The van der Waals surface area contributed by atoms with Crippen LogP contribution in [0.1, 0.15) is 18.4 Å². The highest BCUT2D eigenvalue weighted by Crippen LogP contribution is 2.27. The highest BCUT2D eigenvalue weighted by molar-refractivity contribution is 6.30.